The zero-order valence-electron chi connectivity index (χ0n) is 10.1. The Morgan fingerprint density at radius 3 is 2.59 bits per heavy atom. The maximum absolute atomic E-state index is 11.8. The molecule has 0 atom stereocenters. The molecule has 5 nitrogen and oxygen atoms in total. The maximum atomic E-state index is 11.8. The fourth-order valence-electron chi connectivity index (χ4n) is 1.36. The highest BCUT2D eigenvalue weighted by Crippen LogP contribution is 2.23. The van der Waals surface area contributed by atoms with E-state index in [2.05, 4.69) is 10.1 Å². The number of carbonyl (C=O) groups excluding carboxylic acids is 2. The molecule has 0 aliphatic rings. The van der Waals surface area contributed by atoms with Gasteiger partial charge in [-0.1, -0.05) is 0 Å². The lowest BCUT2D eigenvalue weighted by molar-refractivity contribution is 0.0607. The molecule has 0 saturated carbocycles. The van der Waals surface area contributed by atoms with E-state index in [4.69, 9.17) is 0 Å². The van der Waals surface area contributed by atoms with Crippen LogP contribution in [-0.4, -0.2) is 37.1 Å². The van der Waals surface area contributed by atoms with Crippen LogP contribution in [0.5, 0.6) is 0 Å². The fourth-order valence-corrected chi connectivity index (χ4v) is 2.13. The average Bonchev–Trinajstić information content (AvgIpc) is 2.77. The molecule has 0 aliphatic heterocycles. The third-order valence-corrected chi connectivity index (χ3v) is 3.22. The van der Waals surface area contributed by atoms with Crippen LogP contribution in [0.15, 0.2) is 11.4 Å². The number of hydrogen-bond donors (Lipinski definition) is 1. The van der Waals surface area contributed by atoms with Crippen molar-refractivity contribution in [1.82, 2.24) is 4.90 Å². The van der Waals surface area contributed by atoms with Gasteiger partial charge in [0.1, 0.15) is 4.88 Å². The van der Waals surface area contributed by atoms with E-state index in [1.165, 1.54) is 18.4 Å². The molecule has 0 aromatic carbocycles. The van der Waals surface area contributed by atoms with Crippen molar-refractivity contribution >= 4 is 29.0 Å². The molecule has 1 rings (SSSR count). The minimum atomic E-state index is -0.435. The zero-order valence-corrected chi connectivity index (χ0v) is 11.0. The predicted octanol–water partition coefficient (Wildman–Crippen LogP) is 2.41. The van der Waals surface area contributed by atoms with Crippen LogP contribution in [0.25, 0.3) is 0 Å². The van der Waals surface area contributed by atoms with E-state index in [1.807, 2.05) is 13.8 Å². The molecule has 0 spiro atoms. The molecule has 0 saturated heterocycles. The molecule has 0 fully saturated rings. The normalized spacial score (nSPS) is 9.82. The fraction of sp³-hybridized carbons (Fsp3) is 0.455. The Morgan fingerprint density at radius 1 is 1.41 bits per heavy atom. The van der Waals surface area contributed by atoms with Gasteiger partial charge in [-0.15, -0.1) is 11.3 Å². The first kappa shape index (κ1) is 13.5. The minimum absolute atomic E-state index is 0.210. The lowest BCUT2D eigenvalue weighted by atomic mass is 10.4. The van der Waals surface area contributed by atoms with E-state index >= 15 is 0 Å². The number of amides is 2. The topological polar surface area (TPSA) is 58.6 Å². The zero-order chi connectivity index (χ0) is 12.8. The smallest absolute Gasteiger partial charge is 0.350 e. The number of anilines is 1. The van der Waals surface area contributed by atoms with Crippen LogP contribution >= 0.6 is 11.3 Å². The molecular weight excluding hydrogens is 240 g/mol. The second-order valence-corrected chi connectivity index (χ2v) is 4.17. The molecule has 1 aromatic heterocycles. The molecule has 0 aliphatic carbocycles. The quantitative estimate of drug-likeness (QED) is 0.842. The number of rotatable bonds is 4. The van der Waals surface area contributed by atoms with E-state index in [0.717, 1.165) is 0 Å². The largest absolute Gasteiger partial charge is 0.465 e. The first-order chi connectivity index (χ1) is 8.13. The summed E-state index contributed by atoms with van der Waals surface area (Å²) in [5.74, 6) is -0.435. The number of esters is 1. The SMILES string of the molecule is CCN(CC)C(=O)Nc1ccsc1C(=O)OC. The Balaban J connectivity index is 2.78. The van der Waals surface area contributed by atoms with Gasteiger partial charge in [0, 0.05) is 13.1 Å². The van der Waals surface area contributed by atoms with Gasteiger partial charge >= 0.3 is 12.0 Å². The molecule has 94 valence electrons. The second kappa shape index (κ2) is 6.24. The Hall–Kier alpha value is -1.56. The van der Waals surface area contributed by atoms with Gasteiger partial charge < -0.3 is 15.0 Å². The van der Waals surface area contributed by atoms with Crippen molar-refractivity contribution in [3.63, 3.8) is 0 Å². The average molecular weight is 256 g/mol. The first-order valence-electron chi connectivity index (χ1n) is 5.35. The van der Waals surface area contributed by atoms with Crippen molar-refractivity contribution in [3.05, 3.63) is 16.3 Å². The van der Waals surface area contributed by atoms with Crippen molar-refractivity contribution in [2.24, 2.45) is 0 Å². The number of hydrogen-bond acceptors (Lipinski definition) is 4. The lowest BCUT2D eigenvalue weighted by Gasteiger charge is -2.19. The summed E-state index contributed by atoms with van der Waals surface area (Å²) in [4.78, 5) is 25.3. The van der Waals surface area contributed by atoms with Crippen molar-refractivity contribution in [3.8, 4) is 0 Å². The highest BCUT2D eigenvalue weighted by molar-refractivity contribution is 7.12. The summed E-state index contributed by atoms with van der Waals surface area (Å²) in [5.41, 5.74) is 0.499. The summed E-state index contributed by atoms with van der Waals surface area (Å²) >= 11 is 1.24. The summed E-state index contributed by atoms with van der Waals surface area (Å²) in [6.45, 7) is 5.05. The van der Waals surface area contributed by atoms with Crippen LogP contribution in [0.4, 0.5) is 10.5 Å². The summed E-state index contributed by atoms with van der Waals surface area (Å²) in [7, 11) is 1.32. The van der Waals surface area contributed by atoms with Gasteiger partial charge in [0.25, 0.3) is 0 Å². The van der Waals surface area contributed by atoms with Crippen LogP contribution < -0.4 is 5.32 Å². The number of urea groups is 1. The summed E-state index contributed by atoms with van der Waals surface area (Å²) in [6.07, 6.45) is 0. The predicted molar refractivity (Wildman–Crippen MR) is 67.6 cm³/mol. The van der Waals surface area contributed by atoms with Gasteiger partial charge in [-0.25, -0.2) is 9.59 Å². The molecule has 1 aromatic rings. The molecule has 0 radical (unpaired) electrons. The molecule has 2 amide bonds. The van der Waals surface area contributed by atoms with E-state index in [0.29, 0.717) is 23.7 Å². The van der Waals surface area contributed by atoms with Gasteiger partial charge in [-0.3, -0.25) is 0 Å². The summed E-state index contributed by atoms with van der Waals surface area (Å²) < 4.78 is 4.64. The van der Waals surface area contributed by atoms with E-state index in [-0.39, 0.29) is 6.03 Å². The third kappa shape index (κ3) is 3.20. The van der Waals surface area contributed by atoms with Gasteiger partial charge in [-0.2, -0.15) is 0 Å². The van der Waals surface area contributed by atoms with E-state index in [9.17, 15) is 9.59 Å². The van der Waals surface area contributed by atoms with Crippen LogP contribution in [-0.2, 0) is 4.74 Å². The van der Waals surface area contributed by atoms with Crippen molar-refractivity contribution in [2.45, 2.75) is 13.8 Å². The Morgan fingerprint density at radius 2 is 2.06 bits per heavy atom. The van der Waals surface area contributed by atoms with E-state index < -0.39 is 5.97 Å². The van der Waals surface area contributed by atoms with Crippen molar-refractivity contribution in [2.75, 3.05) is 25.5 Å². The van der Waals surface area contributed by atoms with Gasteiger partial charge in [0.05, 0.1) is 12.8 Å². The molecule has 17 heavy (non-hydrogen) atoms. The maximum Gasteiger partial charge on any atom is 0.350 e. The number of ether oxygens (including phenoxy) is 1. The standard InChI is InChI=1S/C11H16N2O3S/c1-4-13(5-2)11(15)12-8-6-7-17-9(8)10(14)16-3/h6-7H,4-5H2,1-3H3,(H,12,15). The van der Waals surface area contributed by atoms with Crippen LogP contribution in [0.2, 0.25) is 0 Å². The molecule has 6 heteroatoms. The van der Waals surface area contributed by atoms with E-state index in [1.54, 1.807) is 16.3 Å². The first-order valence-corrected chi connectivity index (χ1v) is 6.23. The third-order valence-electron chi connectivity index (χ3n) is 2.33. The number of carbonyl (C=O) groups is 2. The van der Waals surface area contributed by atoms with Gasteiger partial charge in [0.15, 0.2) is 0 Å². The molecule has 1 N–H and O–H groups in total. The van der Waals surface area contributed by atoms with Crippen molar-refractivity contribution < 1.29 is 14.3 Å². The number of nitrogens with one attached hydrogen (secondary N) is 1. The summed E-state index contributed by atoms with van der Waals surface area (Å²) in [6, 6.07) is 1.48. The molecular formula is C11H16N2O3S. The highest BCUT2D eigenvalue weighted by atomic mass is 32.1. The number of thiophene rings is 1. The highest BCUT2D eigenvalue weighted by Gasteiger charge is 2.17. The lowest BCUT2D eigenvalue weighted by Crippen LogP contribution is -2.34. The van der Waals surface area contributed by atoms with Crippen LogP contribution in [0.1, 0.15) is 23.5 Å². The van der Waals surface area contributed by atoms with Gasteiger partial charge in [-0.05, 0) is 25.3 Å². The Bertz CT molecular complexity index is 399. The van der Waals surface area contributed by atoms with Crippen molar-refractivity contribution in [1.29, 1.82) is 0 Å². The number of nitrogens with zero attached hydrogens (tertiary/aromatic N) is 1. The number of methoxy groups -OCH3 is 1. The summed E-state index contributed by atoms with van der Waals surface area (Å²) in [5, 5.41) is 4.44. The monoisotopic (exact) mass is 256 g/mol. The van der Waals surface area contributed by atoms with Gasteiger partial charge in [0.2, 0.25) is 0 Å². The Kier molecular flexibility index (Phi) is 4.96. The Labute approximate surface area is 104 Å². The minimum Gasteiger partial charge on any atom is -0.465 e. The second-order valence-electron chi connectivity index (χ2n) is 3.26. The van der Waals surface area contributed by atoms with Crippen LogP contribution in [0, 0.1) is 0 Å². The molecule has 1 heterocycles. The van der Waals surface area contributed by atoms with Crippen LogP contribution in [0.3, 0.4) is 0 Å². The molecule has 0 bridgehead atoms. The molecule has 0 unspecified atom stereocenters.